The van der Waals surface area contributed by atoms with Crippen molar-refractivity contribution in [3.05, 3.63) is 53.3 Å². The molecule has 0 radical (unpaired) electrons. The molecule has 0 saturated carbocycles. The van der Waals surface area contributed by atoms with Crippen LogP contribution in [0.4, 0.5) is 0 Å². The molecule has 1 aromatic carbocycles. The Morgan fingerprint density at radius 2 is 2.05 bits per heavy atom. The number of likely N-dealkylation sites (tertiary alicyclic amines) is 1. The lowest BCUT2D eigenvalue weighted by Crippen LogP contribution is -2.29. The fourth-order valence-corrected chi connectivity index (χ4v) is 3.13. The number of aryl methyl sites for hydroxylation is 2. The summed E-state index contributed by atoms with van der Waals surface area (Å²) in [5.41, 5.74) is 3.71. The lowest BCUT2D eigenvalue weighted by atomic mass is 9.97. The summed E-state index contributed by atoms with van der Waals surface area (Å²) in [6.45, 7) is 3.87. The number of carbonyl (C=O) groups is 1. The minimum absolute atomic E-state index is 0.209. The monoisotopic (exact) mass is 297 g/mol. The average molecular weight is 297 g/mol. The highest BCUT2D eigenvalue weighted by Gasteiger charge is 2.27. The van der Waals surface area contributed by atoms with Gasteiger partial charge in [0.25, 0.3) is 0 Å². The smallest absolute Gasteiger partial charge is 0.227 e. The molecule has 1 amide bonds. The van der Waals surface area contributed by atoms with Crippen LogP contribution in [0.1, 0.15) is 36.0 Å². The highest BCUT2D eigenvalue weighted by atomic mass is 16.2. The van der Waals surface area contributed by atoms with Gasteiger partial charge in [-0.3, -0.25) is 9.48 Å². The van der Waals surface area contributed by atoms with Crippen LogP contribution in [0, 0.1) is 0 Å². The zero-order chi connectivity index (χ0) is 15.5. The molecule has 4 nitrogen and oxygen atoms in total. The zero-order valence-corrected chi connectivity index (χ0v) is 13.3. The molecule has 22 heavy (non-hydrogen) atoms. The molecular weight excluding hydrogens is 274 g/mol. The standard InChI is InChI=1S/C18H23N3O/c1-3-14-4-6-16(7-5-14)17-8-9-21(13-17)18(22)10-15-11-19-20(2)12-15/h4-7,11-12,17H,3,8-10,13H2,1-2H3. The Hall–Kier alpha value is -2.10. The van der Waals surface area contributed by atoms with Crippen LogP contribution in [-0.4, -0.2) is 33.7 Å². The van der Waals surface area contributed by atoms with Gasteiger partial charge in [0.15, 0.2) is 0 Å². The summed E-state index contributed by atoms with van der Waals surface area (Å²) in [5, 5.41) is 4.12. The number of carbonyl (C=O) groups excluding carboxylic acids is 1. The van der Waals surface area contributed by atoms with Crippen molar-refractivity contribution >= 4 is 5.91 Å². The molecule has 0 spiro atoms. The van der Waals surface area contributed by atoms with Crippen molar-refractivity contribution in [2.75, 3.05) is 13.1 Å². The molecule has 1 aliphatic heterocycles. The van der Waals surface area contributed by atoms with Gasteiger partial charge in [-0.1, -0.05) is 31.2 Å². The van der Waals surface area contributed by atoms with Crippen LogP contribution >= 0.6 is 0 Å². The molecule has 0 aliphatic carbocycles. The van der Waals surface area contributed by atoms with Gasteiger partial charge in [-0.2, -0.15) is 5.10 Å². The summed E-state index contributed by atoms with van der Waals surface area (Å²) < 4.78 is 1.74. The topological polar surface area (TPSA) is 38.1 Å². The predicted molar refractivity (Wildman–Crippen MR) is 86.7 cm³/mol. The van der Waals surface area contributed by atoms with Gasteiger partial charge in [0.05, 0.1) is 12.6 Å². The summed E-state index contributed by atoms with van der Waals surface area (Å²) in [6.07, 6.45) is 6.27. The van der Waals surface area contributed by atoms with E-state index in [1.807, 2.05) is 18.1 Å². The number of hydrogen-bond acceptors (Lipinski definition) is 2. The Kier molecular flexibility index (Phi) is 4.27. The third-order valence-corrected chi connectivity index (χ3v) is 4.51. The van der Waals surface area contributed by atoms with E-state index in [-0.39, 0.29) is 5.91 Å². The SMILES string of the molecule is CCc1ccc(C2CCN(C(=O)Cc3cnn(C)c3)C2)cc1. The van der Waals surface area contributed by atoms with Crippen LogP contribution in [0.15, 0.2) is 36.7 Å². The van der Waals surface area contributed by atoms with Crippen LogP contribution in [0.2, 0.25) is 0 Å². The number of benzene rings is 1. The first-order valence-corrected chi connectivity index (χ1v) is 8.00. The van der Waals surface area contributed by atoms with E-state index in [1.54, 1.807) is 10.9 Å². The van der Waals surface area contributed by atoms with E-state index in [0.29, 0.717) is 12.3 Å². The second-order valence-electron chi connectivity index (χ2n) is 6.12. The lowest BCUT2D eigenvalue weighted by Gasteiger charge is -2.16. The second kappa shape index (κ2) is 6.34. The molecule has 2 heterocycles. The average Bonchev–Trinajstić information content (AvgIpc) is 3.17. The molecule has 0 bridgehead atoms. The van der Waals surface area contributed by atoms with E-state index < -0.39 is 0 Å². The summed E-state index contributed by atoms with van der Waals surface area (Å²) in [7, 11) is 1.87. The molecule has 1 atom stereocenters. The molecule has 1 fully saturated rings. The Bertz CT molecular complexity index is 645. The van der Waals surface area contributed by atoms with Gasteiger partial charge in [0, 0.05) is 32.3 Å². The molecule has 0 N–H and O–H groups in total. The van der Waals surface area contributed by atoms with E-state index in [0.717, 1.165) is 31.5 Å². The molecule has 4 heteroatoms. The lowest BCUT2D eigenvalue weighted by molar-refractivity contribution is -0.129. The van der Waals surface area contributed by atoms with E-state index in [1.165, 1.54) is 11.1 Å². The van der Waals surface area contributed by atoms with Gasteiger partial charge < -0.3 is 4.90 Å². The highest BCUT2D eigenvalue weighted by molar-refractivity contribution is 5.79. The normalized spacial score (nSPS) is 17.9. The number of amides is 1. The Morgan fingerprint density at radius 3 is 2.68 bits per heavy atom. The second-order valence-corrected chi connectivity index (χ2v) is 6.12. The van der Waals surface area contributed by atoms with Crippen LogP contribution in [-0.2, 0) is 24.7 Å². The molecule has 1 unspecified atom stereocenters. The molecule has 1 aromatic heterocycles. The van der Waals surface area contributed by atoms with Crippen molar-refractivity contribution in [3.63, 3.8) is 0 Å². The third kappa shape index (κ3) is 3.21. The van der Waals surface area contributed by atoms with Crippen molar-refractivity contribution in [2.24, 2.45) is 7.05 Å². The third-order valence-electron chi connectivity index (χ3n) is 4.51. The fraction of sp³-hybridized carbons (Fsp3) is 0.444. The first-order valence-electron chi connectivity index (χ1n) is 8.00. The van der Waals surface area contributed by atoms with Crippen LogP contribution < -0.4 is 0 Å². The van der Waals surface area contributed by atoms with E-state index >= 15 is 0 Å². The van der Waals surface area contributed by atoms with E-state index in [2.05, 4.69) is 36.3 Å². The first-order chi connectivity index (χ1) is 10.7. The maximum atomic E-state index is 12.4. The summed E-state index contributed by atoms with van der Waals surface area (Å²) >= 11 is 0. The maximum Gasteiger partial charge on any atom is 0.227 e. The molecule has 116 valence electrons. The van der Waals surface area contributed by atoms with Crippen molar-refractivity contribution in [2.45, 2.75) is 32.1 Å². The highest BCUT2D eigenvalue weighted by Crippen LogP contribution is 2.27. The van der Waals surface area contributed by atoms with Crippen LogP contribution in [0.3, 0.4) is 0 Å². The summed E-state index contributed by atoms with van der Waals surface area (Å²) in [5.74, 6) is 0.685. The van der Waals surface area contributed by atoms with Gasteiger partial charge >= 0.3 is 0 Å². The zero-order valence-electron chi connectivity index (χ0n) is 13.3. The Morgan fingerprint density at radius 1 is 1.27 bits per heavy atom. The minimum atomic E-state index is 0.209. The van der Waals surface area contributed by atoms with Gasteiger partial charge in [-0.25, -0.2) is 0 Å². The van der Waals surface area contributed by atoms with E-state index in [4.69, 9.17) is 0 Å². The van der Waals surface area contributed by atoms with Gasteiger partial charge in [-0.05, 0) is 29.5 Å². The fourth-order valence-electron chi connectivity index (χ4n) is 3.13. The molecule has 1 aliphatic rings. The summed E-state index contributed by atoms with van der Waals surface area (Å²) in [4.78, 5) is 14.4. The van der Waals surface area contributed by atoms with Crippen molar-refractivity contribution < 1.29 is 4.79 Å². The number of nitrogens with zero attached hydrogens (tertiary/aromatic N) is 3. The molecule has 3 rings (SSSR count). The van der Waals surface area contributed by atoms with Gasteiger partial charge in [-0.15, -0.1) is 0 Å². The number of rotatable bonds is 4. The predicted octanol–water partition coefficient (Wildman–Crippen LogP) is 2.54. The maximum absolute atomic E-state index is 12.4. The molecular formula is C18H23N3O. The molecule has 1 saturated heterocycles. The van der Waals surface area contributed by atoms with Crippen molar-refractivity contribution in [3.8, 4) is 0 Å². The number of aromatic nitrogens is 2. The van der Waals surface area contributed by atoms with Crippen molar-refractivity contribution in [1.29, 1.82) is 0 Å². The van der Waals surface area contributed by atoms with Gasteiger partial charge in [0.2, 0.25) is 5.91 Å². The molecule has 2 aromatic rings. The van der Waals surface area contributed by atoms with E-state index in [9.17, 15) is 4.79 Å². The van der Waals surface area contributed by atoms with Crippen LogP contribution in [0.25, 0.3) is 0 Å². The quantitative estimate of drug-likeness (QED) is 0.870. The van der Waals surface area contributed by atoms with Crippen LogP contribution in [0.5, 0.6) is 0 Å². The van der Waals surface area contributed by atoms with Crippen molar-refractivity contribution in [1.82, 2.24) is 14.7 Å². The first kappa shape index (κ1) is 14.8. The summed E-state index contributed by atoms with van der Waals surface area (Å²) in [6, 6.07) is 8.85. The largest absolute Gasteiger partial charge is 0.342 e. The Labute approximate surface area is 131 Å². The number of hydrogen-bond donors (Lipinski definition) is 0. The minimum Gasteiger partial charge on any atom is -0.342 e. The Balaban J connectivity index is 1.60. The van der Waals surface area contributed by atoms with Gasteiger partial charge in [0.1, 0.15) is 0 Å².